The topological polar surface area (TPSA) is 53.2 Å². The molecule has 0 radical (unpaired) electrons. The number of halogens is 4. The van der Waals surface area contributed by atoms with Gasteiger partial charge in [0.05, 0.1) is 0 Å². The van der Waals surface area contributed by atoms with Crippen LogP contribution in [-0.4, -0.2) is 21.5 Å². The molecule has 1 rings (SSSR count). The number of thiocarbonyl (C=S) groups is 1. The molecule has 0 aliphatic rings. The normalized spacial score (nSPS) is 12.4. The lowest BCUT2D eigenvalue weighted by Crippen LogP contribution is -2.53. The fourth-order valence-electron chi connectivity index (χ4n) is 1.15. The predicted octanol–water partition coefficient (Wildman–Crippen LogP) is 3.18. The van der Waals surface area contributed by atoms with Crippen LogP contribution < -0.4 is 16.0 Å². The van der Waals surface area contributed by atoms with E-state index >= 15 is 0 Å². The molecule has 1 amide bonds. The fourth-order valence-corrected chi connectivity index (χ4v) is 2.14. The number of carbonyl (C=O) groups is 1. The second-order valence-electron chi connectivity index (χ2n) is 3.37. The number of anilines is 1. The number of amides is 1. The summed E-state index contributed by atoms with van der Waals surface area (Å²) in [6, 6.07) is 7.35. The summed E-state index contributed by atoms with van der Waals surface area (Å²) in [5.74, 6) is 0. The van der Waals surface area contributed by atoms with Crippen molar-refractivity contribution in [3.05, 3.63) is 28.7 Å². The molecule has 1 atom stereocenters. The Bertz CT molecular complexity index is 470. The van der Waals surface area contributed by atoms with Crippen molar-refractivity contribution in [2.24, 2.45) is 0 Å². The largest absolute Gasteiger partial charge is 0.339 e. The summed E-state index contributed by atoms with van der Waals surface area (Å²) in [7, 11) is 0. The lowest BCUT2D eigenvalue weighted by Gasteiger charge is -2.26. The predicted molar refractivity (Wildman–Crippen MR) is 86.8 cm³/mol. The summed E-state index contributed by atoms with van der Waals surface area (Å²) < 4.78 is -0.839. The first-order valence-corrected chi connectivity index (χ1v) is 7.26. The van der Waals surface area contributed by atoms with Gasteiger partial charge in [0, 0.05) is 10.2 Å². The van der Waals surface area contributed by atoms with Crippen LogP contribution in [0.15, 0.2) is 28.7 Å². The van der Waals surface area contributed by atoms with Crippen molar-refractivity contribution < 1.29 is 4.79 Å². The molecule has 0 spiro atoms. The van der Waals surface area contributed by atoms with Crippen LogP contribution in [-0.2, 0) is 4.79 Å². The number of benzene rings is 1. The number of rotatable bonds is 4. The van der Waals surface area contributed by atoms with Gasteiger partial charge >= 0.3 is 0 Å². The standard InChI is InChI=1S/C10H9BrCl3N3OS/c11-6-2-1-3-7(4-6)16-9(19)17-8(15-5-18)10(12,13)14/h1-5,8H,(H,15,18)(H2,16,17,19)/t8-/m1/s1. The van der Waals surface area contributed by atoms with Crippen molar-refractivity contribution in [3.63, 3.8) is 0 Å². The molecule has 3 N–H and O–H groups in total. The van der Waals surface area contributed by atoms with Crippen molar-refractivity contribution in [1.29, 1.82) is 0 Å². The van der Waals surface area contributed by atoms with Gasteiger partial charge in [0.2, 0.25) is 10.2 Å². The van der Waals surface area contributed by atoms with Crippen LogP contribution in [0.5, 0.6) is 0 Å². The molecule has 0 aliphatic carbocycles. The first-order chi connectivity index (χ1) is 8.82. The van der Waals surface area contributed by atoms with Gasteiger partial charge in [0.25, 0.3) is 0 Å². The SMILES string of the molecule is O=CN[C@H](NC(=S)Nc1cccc(Br)c1)C(Cl)(Cl)Cl. The van der Waals surface area contributed by atoms with Crippen molar-refractivity contribution in [1.82, 2.24) is 10.6 Å². The minimum absolute atomic E-state index is 0.212. The molecule has 1 aromatic carbocycles. The highest BCUT2D eigenvalue weighted by atomic mass is 79.9. The highest BCUT2D eigenvalue weighted by Crippen LogP contribution is 2.28. The maximum Gasteiger partial charge on any atom is 0.228 e. The van der Waals surface area contributed by atoms with Crippen LogP contribution in [0.3, 0.4) is 0 Å². The van der Waals surface area contributed by atoms with Crippen LogP contribution in [0.25, 0.3) is 0 Å². The zero-order valence-electron chi connectivity index (χ0n) is 9.29. The highest BCUT2D eigenvalue weighted by Gasteiger charge is 2.32. The van der Waals surface area contributed by atoms with E-state index in [0.717, 1.165) is 10.2 Å². The van der Waals surface area contributed by atoms with Gasteiger partial charge < -0.3 is 16.0 Å². The van der Waals surface area contributed by atoms with E-state index < -0.39 is 9.96 Å². The van der Waals surface area contributed by atoms with Crippen molar-refractivity contribution in [2.75, 3.05) is 5.32 Å². The Morgan fingerprint density at radius 3 is 2.63 bits per heavy atom. The van der Waals surface area contributed by atoms with Gasteiger partial charge in [0.15, 0.2) is 5.11 Å². The van der Waals surface area contributed by atoms with Gasteiger partial charge in [-0.25, -0.2) is 0 Å². The van der Waals surface area contributed by atoms with E-state index in [1.165, 1.54) is 0 Å². The third-order valence-corrected chi connectivity index (χ3v) is 3.29. The average molecular weight is 406 g/mol. The molecule has 0 fully saturated rings. The minimum atomic E-state index is -1.73. The van der Waals surface area contributed by atoms with E-state index in [0.29, 0.717) is 6.41 Å². The van der Waals surface area contributed by atoms with Crippen LogP contribution in [0, 0.1) is 0 Å². The van der Waals surface area contributed by atoms with Crippen LogP contribution in [0.1, 0.15) is 0 Å². The molecule has 1 aromatic rings. The summed E-state index contributed by atoms with van der Waals surface area (Å²) in [4.78, 5) is 10.4. The molecule has 0 aromatic heterocycles. The second-order valence-corrected chi connectivity index (χ2v) is 7.06. The summed E-state index contributed by atoms with van der Waals surface area (Å²) in [5.41, 5.74) is 0.751. The molecule has 0 aliphatic heterocycles. The molecule has 0 heterocycles. The van der Waals surface area contributed by atoms with Crippen LogP contribution >= 0.6 is 63.0 Å². The molecule has 0 bridgehead atoms. The Balaban J connectivity index is 2.65. The molecule has 9 heteroatoms. The number of hydrogen-bond donors (Lipinski definition) is 3. The van der Waals surface area contributed by atoms with Crippen LogP contribution in [0.4, 0.5) is 5.69 Å². The molecule has 4 nitrogen and oxygen atoms in total. The molecular weight excluding hydrogens is 396 g/mol. The van der Waals surface area contributed by atoms with E-state index in [-0.39, 0.29) is 5.11 Å². The molecule has 19 heavy (non-hydrogen) atoms. The lowest BCUT2D eigenvalue weighted by molar-refractivity contribution is -0.110. The zero-order chi connectivity index (χ0) is 14.5. The second kappa shape index (κ2) is 7.50. The van der Waals surface area contributed by atoms with Gasteiger partial charge in [-0.3, -0.25) is 4.79 Å². The first kappa shape index (κ1) is 16.8. The maximum atomic E-state index is 10.4. The Labute approximate surface area is 139 Å². The maximum absolute atomic E-state index is 10.4. The van der Waals surface area contributed by atoms with Gasteiger partial charge in [-0.15, -0.1) is 0 Å². The Hall–Kier alpha value is -0.270. The summed E-state index contributed by atoms with van der Waals surface area (Å²) in [6.45, 7) is 0. The monoisotopic (exact) mass is 403 g/mol. The molecule has 0 unspecified atom stereocenters. The molecule has 0 saturated heterocycles. The van der Waals surface area contributed by atoms with Crippen molar-refractivity contribution in [2.45, 2.75) is 9.96 Å². The van der Waals surface area contributed by atoms with E-state index in [1.54, 1.807) is 0 Å². The number of carbonyl (C=O) groups excluding carboxylic acids is 1. The first-order valence-electron chi connectivity index (χ1n) is 4.92. The Morgan fingerprint density at radius 1 is 1.42 bits per heavy atom. The highest BCUT2D eigenvalue weighted by molar-refractivity contribution is 9.10. The quantitative estimate of drug-likeness (QED) is 0.312. The van der Waals surface area contributed by atoms with Gasteiger partial charge in [0.1, 0.15) is 6.17 Å². The smallest absolute Gasteiger partial charge is 0.228 e. The van der Waals surface area contributed by atoms with Crippen molar-refractivity contribution in [3.8, 4) is 0 Å². The van der Waals surface area contributed by atoms with Crippen molar-refractivity contribution >= 4 is 80.2 Å². The number of alkyl halides is 3. The fraction of sp³-hybridized carbons (Fsp3) is 0.200. The van der Waals surface area contributed by atoms with E-state index in [4.69, 9.17) is 47.0 Å². The number of hydrogen-bond acceptors (Lipinski definition) is 2. The molecule has 104 valence electrons. The third-order valence-electron chi connectivity index (χ3n) is 1.92. The number of nitrogens with one attached hydrogen (secondary N) is 3. The summed E-state index contributed by atoms with van der Waals surface area (Å²) >= 11 is 25.5. The minimum Gasteiger partial charge on any atom is -0.339 e. The summed E-state index contributed by atoms with van der Waals surface area (Å²) in [6.07, 6.45) is -0.525. The van der Waals surface area contributed by atoms with Gasteiger partial charge in [-0.2, -0.15) is 0 Å². The third kappa shape index (κ3) is 6.14. The average Bonchev–Trinajstić information content (AvgIpc) is 2.27. The summed E-state index contributed by atoms with van der Waals surface area (Å²) in [5, 5.41) is 8.13. The van der Waals surface area contributed by atoms with Gasteiger partial charge in [-0.05, 0) is 30.4 Å². The van der Waals surface area contributed by atoms with E-state index in [2.05, 4.69) is 31.9 Å². The zero-order valence-corrected chi connectivity index (χ0v) is 14.0. The van der Waals surface area contributed by atoms with E-state index in [1.807, 2.05) is 24.3 Å². The lowest BCUT2D eigenvalue weighted by atomic mass is 10.3. The Kier molecular flexibility index (Phi) is 6.62. The van der Waals surface area contributed by atoms with E-state index in [9.17, 15) is 4.79 Å². The van der Waals surface area contributed by atoms with Gasteiger partial charge in [-0.1, -0.05) is 56.8 Å². The Morgan fingerprint density at radius 2 is 2.11 bits per heavy atom. The molecule has 0 saturated carbocycles. The van der Waals surface area contributed by atoms with Crippen LogP contribution in [0.2, 0.25) is 0 Å². The molecular formula is C10H9BrCl3N3OS.